The molecule has 1 unspecified atom stereocenters. The lowest BCUT2D eigenvalue weighted by atomic mass is 10.0. The second-order valence-corrected chi connectivity index (χ2v) is 4.64. The number of nitrogens with two attached hydrogens (primary N) is 1. The summed E-state index contributed by atoms with van der Waals surface area (Å²) in [6, 6.07) is 4.78. The zero-order valence-electron chi connectivity index (χ0n) is 11.3. The van der Waals surface area contributed by atoms with Crippen molar-refractivity contribution >= 4 is 17.6 Å². The first-order valence-corrected chi connectivity index (χ1v) is 6.60. The van der Waals surface area contributed by atoms with E-state index in [0.717, 1.165) is 0 Å². The number of amides is 1. The molecule has 0 aromatic heterocycles. The van der Waals surface area contributed by atoms with Crippen LogP contribution in [0.4, 0.5) is 5.69 Å². The van der Waals surface area contributed by atoms with Crippen molar-refractivity contribution in [3.8, 4) is 5.75 Å². The van der Waals surface area contributed by atoms with Gasteiger partial charge in [0.25, 0.3) is 0 Å². The van der Waals surface area contributed by atoms with Gasteiger partial charge in [-0.05, 0) is 18.6 Å². The van der Waals surface area contributed by atoms with Crippen LogP contribution in [0.5, 0.6) is 5.75 Å². The summed E-state index contributed by atoms with van der Waals surface area (Å²) >= 11 is 0. The number of benzene rings is 1. The summed E-state index contributed by atoms with van der Waals surface area (Å²) in [4.78, 5) is 25.2. The number of hydrogen-bond acceptors (Lipinski definition) is 4. The minimum atomic E-state index is -1.07. The van der Waals surface area contributed by atoms with E-state index in [1.54, 1.807) is 17.0 Å². The fourth-order valence-electron chi connectivity index (χ4n) is 2.31. The quantitative estimate of drug-likeness (QED) is 0.860. The average molecular weight is 278 g/mol. The third-order valence-corrected chi connectivity index (χ3v) is 3.47. The highest BCUT2D eigenvalue weighted by atomic mass is 16.5. The first kappa shape index (κ1) is 14.3. The molecular formula is C14H18N2O4. The molecule has 0 saturated carbocycles. The number of carbonyl (C=O) groups excluding carboxylic acids is 1. The highest BCUT2D eigenvalue weighted by Crippen LogP contribution is 2.35. The van der Waals surface area contributed by atoms with Gasteiger partial charge in [-0.1, -0.05) is 13.0 Å². The van der Waals surface area contributed by atoms with Gasteiger partial charge in [0.15, 0.2) is 5.75 Å². The average Bonchev–Trinajstić information content (AvgIpc) is 2.46. The Balaban J connectivity index is 2.40. The Bertz CT molecular complexity index is 526. The van der Waals surface area contributed by atoms with Gasteiger partial charge in [-0.15, -0.1) is 0 Å². The minimum Gasteiger partial charge on any atom is -0.489 e. The smallest absolute Gasteiger partial charge is 0.339 e. The van der Waals surface area contributed by atoms with E-state index in [2.05, 4.69) is 0 Å². The van der Waals surface area contributed by atoms with Crippen molar-refractivity contribution < 1.29 is 19.4 Å². The summed E-state index contributed by atoms with van der Waals surface area (Å²) in [6.07, 6.45) is 0.653. The van der Waals surface area contributed by atoms with Gasteiger partial charge in [0.05, 0.1) is 18.2 Å². The van der Waals surface area contributed by atoms with Crippen LogP contribution in [0.2, 0.25) is 0 Å². The van der Waals surface area contributed by atoms with Gasteiger partial charge in [-0.3, -0.25) is 4.79 Å². The Labute approximate surface area is 117 Å². The van der Waals surface area contributed by atoms with Crippen molar-refractivity contribution in [3.05, 3.63) is 23.8 Å². The number of carboxylic acids is 1. The largest absolute Gasteiger partial charge is 0.489 e. The number of para-hydroxylation sites is 1. The Kier molecular flexibility index (Phi) is 4.24. The summed E-state index contributed by atoms with van der Waals surface area (Å²) in [5, 5.41) is 9.16. The minimum absolute atomic E-state index is 0.0702. The van der Waals surface area contributed by atoms with Crippen LogP contribution in [0.3, 0.4) is 0 Å². The van der Waals surface area contributed by atoms with Crippen molar-refractivity contribution in [1.29, 1.82) is 0 Å². The van der Waals surface area contributed by atoms with E-state index in [1.165, 1.54) is 6.07 Å². The maximum absolute atomic E-state index is 12.4. The lowest BCUT2D eigenvalue weighted by Gasteiger charge is -2.32. The fourth-order valence-corrected chi connectivity index (χ4v) is 2.31. The van der Waals surface area contributed by atoms with Crippen LogP contribution in [0.15, 0.2) is 18.2 Å². The van der Waals surface area contributed by atoms with Crippen LogP contribution in [0, 0.1) is 5.92 Å². The molecule has 0 spiro atoms. The number of fused-ring (bicyclic) bond motifs is 1. The van der Waals surface area contributed by atoms with Crippen molar-refractivity contribution in [2.45, 2.75) is 13.3 Å². The van der Waals surface area contributed by atoms with Gasteiger partial charge < -0.3 is 20.5 Å². The van der Waals surface area contributed by atoms with Crippen LogP contribution >= 0.6 is 0 Å². The molecule has 1 amide bonds. The molecule has 1 heterocycles. The van der Waals surface area contributed by atoms with Crippen LogP contribution in [0.1, 0.15) is 23.7 Å². The van der Waals surface area contributed by atoms with Crippen LogP contribution in [-0.2, 0) is 4.79 Å². The highest BCUT2D eigenvalue weighted by Gasteiger charge is 2.30. The normalized spacial score (nSPS) is 15.2. The highest BCUT2D eigenvalue weighted by molar-refractivity contribution is 6.00. The first-order valence-electron chi connectivity index (χ1n) is 6.60. The molecule has 1 aromatic rings. The van der Waals surface area contributed by atoms with E-state index >= 15 is 0 Å². The van der Waals surface area contributed by atoms with Crippen molar-refractivity contribution in [2.24, 2.45) is 11.7 Å². The monoisotopic (exact) mass is 278 g/mol. The van der Waals surface area contributed by atoms with E-state index in [1.807, 2.05) is 6.92 Å². The molecule has 3 N–H and O–H groups in total. The van der Waals surface area contributed by atoms with Crippen molar-refractivity contribution in [2.75, 3.05) is 24.6 Å². The molecule has 2 rings (SSSR count). The predicted octanol–water partition coefficient (Wildman–Crippen LogP) is 1.10. The number of carboxylic acid groups (broad SMARTS) is 1. The van der Waals surface area contributed by atoms with Gasteiger partial charge in [-0.2, -0.15) is 0 Å². The second-order valence-electron chi connectivity index (χ2n) is 4.64. The summed E-state index contributed by atoms with van der Waals surface area (Å²) in [6.45, 7) is 2.88. The van der Waals surface area contributed by atoms with E-state index in [-0.39, 0.29) is 36.3 Å². The van der Waals surface area contributed by atoms with E-state index in [0.29, 0.717) is 18.7 Å². The third-order valence-electron chi connectivity index (χ3n) is 3.47. The van der Waals surface area contributed by atoms with Crippen molar-refractivity contribution in [1.82, 2.24) is 0 Å². The second kappa shape index (κ2) is 5.92. The summed E-state index contributed by atoms with van der Waals surface area (Å²) in [7, 11) is 0. The molecule has 1 aliphatic rings. The Hall–Kier alpha value is -2.08. The number of carbonyl (C=O) groups is 2. The molecule has 1 aromatic carbocycles. The Morgan fingerprint density at radius 1 is 1.50 bits per heavy atom. The van der Waals surface area contributed by atoms with E-state index in [4.69, 9.17) is 15.6 Å². The van der Waals surface area contributed by atoms with E-state index < -0.39 is 5.97 Å². The zero-order chi connectivity index (χ0) is 14.7. The molecule has 0 aliphatic carbocycles. The van der Waals surface area contributed by atoms with Gasteiger partial charge in [0, 0.05) is 6.54 Å². The van der Waals surface area contributed by atoms with Gasteiger partial charge in [-0.25, -0.2) is 4.79 Å². The number of ether oxygens (including phenoxy) is 1. The summed E-state index contributed by atoms with van der Waals surface area (Å²) in [5.41, 5.74) is 6.19. The van der Waals surface area contributed by atoms with Crippen LogP contribution in [-0.4, -0.2) is 36.7 Å². The van der Waals surface area contributed by atoms with Crippen LogP contribution < -0.4 is 15.4 Å². The lowest BCUT2D eigenvalue weighted by Crippen LogP contribution is -2.43. The number of rotatable bonds is 4. The molecule has 1 aliphatic heterocycles. The van der Waals surface area contributed by atoms with Crippen molar-refractivity contribution in [3.63, 3.8) is 0 Å². The van der Waals surface area contributed by atoms with Gasteiger partial charge >= 0.3 is 5.97 Å². The Morgan fingerprint density at radius 2 is 2.25 bits per heavy atom. The predicted molar refractivity (Wildman–Crippen MR) is 74.1 cm³/mol. The molecular weight excluding hydrogens is 260 g/mol. The standard InChI is InChI=1S/C14H18N2O4/c1-2-9(8-15)13(17)16-6-7-20-12-10(14(18)19)4-3-5-11(12)16/h3-5,9H,2,6-8,15H2,1H3,(H,18,19). The maximum atomic E-state index is 12.4. The topological polar surface area (TPSA) is 92.9 Å². The lowest BCUT2D eigenvalue weighted by molar-refractivity contribution is -0.122. The maximum Gasteiger partial charge on any atom is 0.339 e. The molecule has 0 bridgehead atoms. The molecule has 0 radical (unpaired) electrons. The van der Waals surface area contributed by atoms with Gasteiger partial charge in [0.2, 0.25) is 5.91 Å². The first-order chi connectivity index (χ1) is 9.60. The van der Waals surface area contributed by atoms with Gasteiger partial charge in [0.1, 0.15) is 12.2 Å². The summed E-state index contributed by atoms with van der Waals surface area (Å²) < 4.78 is 5.44. The molecule has 20 heavy (non-hydrogen) atoms. The molecule has 108 valence electrons. The molecule has 6 heteroatoms. The zero-order valence-corrected chi connectivity index (χ0v) is 11.3. The van der Waals surface area contributed by atoms with E-state index in [9.17, 15) is 9.59 Å². The number of hydrogen-bond donors (Lipinski definition) is 2. The summed E-state index contributed by atoms with van der Waals surface area (Å²) in [5.74, 6) is -1.15. The number of aromatic carboxylic acids is 1. The Morgan fingerprint density at radius 3 is 2.85 bits per heavy atom. The molecule has 0 fully saturated rings. The molecule has 1 atom stereocenters. The molecule has 0 saturated heterocycles. The fraction of sp³-hybridized carbons (Fsp3) is 0.429. The third kappa shape index (κ3) is 2.46. The number of nitrogens with zero attached hydrogens (tertiary/aromatic N) is 1. The van der Waals surface area contributed by atoms with Crippen LogP contribution in [0.25, 0.3) is 0 Å². The number of anilines is 1. The molecule has 6 nitrogen and oxygen atoms in total. The SMILES string of the molecule is CCC(CN)C(=O)N1CCOc2c(C(=O)O)cccc21.